The quantitative estimate of drug-likeness (QED) is 0.424. The number of nitrogens with one attached hydrogen (secondary N) is 1. The lowest BCUT2D eigenvalue weighted by Gasteiger charge is -2.06. The molecule has 0 fully saturated rings. The Hall–Kier alpha value is -0.680. The highest BCUT2D eigenvalue weighted by atomic mass is 32.1. The number of aliphatic carboxylic acids is 1. The number of carbonyl (C=O) groups is 1. The van der Waals surface area contributed by atoms with Crippen molar-refractivity contribution in [2.75, 3.05) is 6.54 Å². The van der Waals surface area contributed by atoms with Crippen molar-refractivity contribution in [2.24, 2.45) is 5.73 Å². The Labute approximate surface area is 77.1 Å². The van der Waals surface area contributed by atoms with Gasteiger partial charge in [0.1, 0.15) is 6.04 Å². The van der Waals surface area contributed by atoms with Gasteiger partial charge in [0, 0.05) is 6.54 Å². The van der Waals surface area contributed by atoms with Crippen LogP contribution in [0.3, 0.4) is 0 Å². The van der Waals surface area contributed by atoms with Crippen LogP contribution in [0.25, 0.3) is 0 Å². The predicted molar refractivity (Wildman–Crippen MR) is 51.1 cm³/mol. The zero-order valence-corrected chi connectivity index (χ0v) is 7.86. The Morgan fingerprint density at radius 2 is 2.33 bits per heavy atom. The lowest BCUT2D eigenvalue weighted by atomic mass is 10.2. The first kappa shape index (κ1) is 11.3. The van der Waals surface area contributed by atoms with Crippen molar-refractivity contribution < 1.29 is 9.90 Å². The molecule has 0 bridgehead atoms. The zero-order valence-electron chi connectivity index (χ0n) is 7.04. The summed E-state index contributed by atoms with van der Waals surface area (Å²) in [6, 6.07) is -0.753. The van der Waals surface area contributed by atoms with Crippen LogP contribution in [0, 0.1) is 0 Å². The van der Waals surface area contributed by atoms with Gasteiger partial charge in [0.05, 0.1) is 4.99 Å². The molecule has 0 aliphatic carbocycles. The Morgan fingerprint density at radius 3 is 2.75 bits per heavy atom. The smallest absolute Gasteiger partial charge is 0.320 e. The van der Waals surface area contributed by atoms with Gasteiger partial charge in [-0.1, -0.05) is 12.2 Å². The van der Waals surface area contributed by atoms with Gasteiger partial charge >= 0.3 is 5.97 Å². The topological polar surface area (TPSA) is 75.3 Å². The second-order valence-corrected chi connectivity index (χ2v) is 3.18. The van der Waals surface area contributed by atoms with Gasteiger partial charge in [-0.05, 0) is 19.8 Å². The van der Waals surface area contributed by atoms with Gasteiger partial charge in [0.15, 0.2) is 0 Å². The van der Waals surface area contributed by atoms with E-state index in [-0.39, 0.29) is 0 Å². The molecule has 0 amide bonds. The molecule has 1 atom stereocenters. The summed E-state index contributed by atoms with van der Waals surface area (Å²) >= 11 is 4.77. The fraction of sp³-hybridized carbons (Fsp3) is 0.714. The molecule has 0 spiro atoms. The Balaban J connectivity index is 3.31. The Bertz CT molecular complexity index is 173. The average molecular weight is 190 g/mol. The van der Waals surface area contributed by atoms with Crippen molar-refractivity contribution in [3.63, 3.8) is 0 Å². The molecule has 0 rings (SSSR count). The third-order valence-electron chi connectivity index (χ3n) is 1.38. The first-order chi connectivity index (χ1) is 5.54. The normalized spacial score (nSPS) is 12.2. The first-order valence-electron chi connectivity index (χ1n) is 3.77. The predicted octanol–water partition coefficient (Wildman–Crippen LogP) is 0.115. The summed E-state index contributed by atoms with van der Waals surface area (Å²) in [6.07, 6.45) is 1.20. The number of hydrogen-bond donors (Lipinski definition) is 3. The highest BCUT2D eigenvalue weighted by molar-refractivity contribution is 7.80. The van der Waals surface area contributed by atoms with Crippen molar-refractivity contribution in [3.05, 3.63) is 0 Å². The third-order valence-corrected chi connectivity index (χ3v) is 1.53. The maximum atomic E-state index is 10.3. The molecule has 5 heteroatoms. The largest absolute Gasteiger partial charge is 0.480 e. The van der Waals surface area contributed by atoms with E-state index in [0.29, 0.717) is 13.0 Å². The molecule has 0 aromatic rings. The molecule has 4 nitrogen and oxygen atoms in total. The molecule has 0 aromatic heterocycles. The first-order valence-corrected chi connectivity index (χ1v) is 4.17. The molecule has 0 aliphatic heterocycles. The third kappa shape index (κ3) is 6.06. The molecule has 4 N–H and O–H groups in total. The van der Waals surface area contributed by atoms with Crippen LogP contribution >= 0.6 is 12.2 Å². The SMILES string of the molecule is CC(=S)NCCC[C@H](N)C(=O)O. The second-order valence-electron chi connectivity index (χ2n) is 2.57. The van der Waals surface area contributed by atoms with Crippen molar-refractivity contribution >= 4 is 23.2 Å². The molecule has 0 aliphatic rings. The van der Waals surface area contributed by atoms with E-state index in [1.54, 1.807) is 6.92 Å². The van der Waals surface area contributed by atoms with E-state index in [9.17, 15) is 4.79 Å². The molecular formula is C7H14N2O2S. The van der Waals surface area contributed by atoms with Crippen molar-refractivity contribution in [1.29, 1.82) is 0 Å². The van der Waals surface area contributed by atoms with Crippen LogP contribution < -0.4 is 11.1 Å². The van der Waals surface area contributed by atoms with Gasteiger partial charge in [-0.2, -0.15) is 0 Å². The highest BCUT2D eigenvalue weighted by Gasteiger charge is 2.09. The maximum absolute atomic E-state index is 10.3. The molecule has 0 unspecified atom stereocenters. The molecule has 0 saturated heterocycles. The Kier molecular flexibility index (Phi) is 5.57. The van der Waals surface area contributed by atoms with Crippen LogP contribution in [-0.4, -0.2) is 28.7 Å². The van der Waals surface area contributed by atoms with Crippen LogP contribution in [0.5, 0.6) is 0 Å². The van der Waals surface area contributed by atoms with Crippen molar-refractivity contribution in [3.8, 4) is 0 Å². The molecule has 0 aromatic carbocycles. The number of thiocarbonyl (C=S) groups is 1. The van der Waals surface area contributed by atoms with Gasteiger partial charge in [-0.3, -0.25) is 4.79 Å². The van der Waals surface area contributed by atoms with Crippen LogP contribution in [0.1, 0.15) is 19.8 Å². The van der Waals surface area contributed by atoms with Crippen molar-refractivity contribution in [1.82, 2.24) is 5.32 Å². The van der Waals surface area contributed by atoms with Crippen LogP contribution in [0.15, 0.2) is 0 Å². The lowest BCUT2D eigenvalue weighted by molar-refractivity contribution is -0.138. The minimum Gasteiger partial charge on any atom is -0.480 e. The van der Waals surface area contributed by atoms with Crippen LogP contribution in [-0.2, 0) is 4.79 Å². The molecule has 0 saturated carbocycles. The van der Waals surface area contributed by atoms with Gasteiger partial charge in [0.25, 0.3) is 0 Å². The van der Waals surface area contributed by atoms with Crippen LogP contribution in [0.2, 0.25) is 0 Å². The van der Waals surface area contributed by atoms with Gasteiger partial charge < -0.3 is 16.2 Å². The number of carboxylic acids is 1. The molecule has 12 heavy (non-hydrogen) atoms. The van der Waals surface area contributed by atoms with E-state index in [0.717, 1.165) is 11.4 Å². The summed E-state index contributed by atoms with van der Waals surface area (Å²) < 4.78 is 0. The highest BCUT2D eigenvalue weighted by Crippen LogP contribution is 1.92. The molecular weight excluding hydrogens is 176 g/mol. The van der Waals surface area contributed by atoms with Gasteiger partial charge in [-0.15, -0.1) is 0 Å². The number of carboxylic acid groups (broad SMARTS) is 1. The van der Waals surface area contributed by atoms with E-state index >= 15 is 0 Å². The monoisotopic (exact) mass is 190 g/mol. The summed E-state index contributed by atoms with van der Waals surface area (Å²) in [5, 5.41) is 11.3. The minimum absolute atomic E-state index is 0.477. The average Bonchev–Trinajstić information content (AvgIpc) is 1.97. The van der Waals surface area contributed by atoms with E-state index in [2.05, 4.69) is 5.32 Å². The fourth-order valence-corrected chi connectivity index (χ4v) is 0.812. The van der Waals surface area contributed by atoms with E-state index in [1.165, 1.54) is 0 Å². The van der Waals surface area contributed by atoms with Gasteiger partial charge in [0.2, 0.25) is 0 Å². The molecule has 0 heterocycles. The number of rotatable bonds is 5. The standard InChI is InChI=1S/C7H14N2O2S/c1-5(12)9-4-2-3-6(8)7(10)11/h6H,2-4,8H2,1H3,(H,9,12)(H,10,11)/t6-/m0/s1. The lowest BCUT2D eigenvalue weighted by Crippen LogP contribution is -2.31. The molecule has 0 radical (unpaired) electrons. The number of nitrogens with two attached hydrogens (primary N) is 1. The summed E-state index contributed by atoms with van der Waals surface area (Å²) in [6.45, 7) is 2.47. The van der Waals surface area contributed by atoms with E-state index in [1.807, 2.05) is 0 Å². The van der Waals surface area contributed by atoms with E-state index < -0.39 is 12.0 Å². The Morgan fingerprint density at radius 1 is 1.75 bits per heavy atom. The van der Waals surface area contributed by atoms with Crippen LogP contribution in [0.4, 0.5) is 0 Å². The minimum atomic E-state index is -0.950. The fourth-order valence-electron chi connectivity index (χ4n) is 0.710. The summed E-state index contributed by atoms with van der Waals surface area (Å²) in [5.41, 5.74) is 5.27. The summed E-state index contributed by atoms with van der Waals surface area (Å²) in [5.74, 6) is -0.950. The molecule has 70 valence electrons. The maximum Gasteiger partial charge on any atom is 0.320 e. The van der Waals surface area contributed by atoms with Gasteiger partial charge in [-0.25, -0.2) is 0 Å². The summed E-state index contributed by atoms with van der Waals surface area (Å²) in [4.78, 5) is 11.0. The number of hydrogen-bond acceptors (Lipinski definition) is 3. The zero-order chi connectivity index (χ0) is 9.56. The van der Waals surface area contributed by atoms with E-state index in [4.69, 9.17) is 23.1 Å². The second kappa shape index (κ2) is 5.91. The van der Waals surface area contributed by atoms with Crippen molar-refractivity contribution in [2.45, 2.75) is 25.8 Å². The summed E-state index contributed by atoms with van der Waals surface area (Å²) in [7, 11) is 0.